The molecule has 0 saturated carbocycles. The smallest absolute Gasteiger partial charge is 0.142 e. The first-order valence-corrected chi connectivity index (χ1v) is 5.05. The molecule has 0 fully saturated rings. The van der Waals surface area contributed by atoms with Crippen LogP contribution in [-0.4, -0.2) is 13.7 Å². The van der Waals surface area contributed by atoms with Crippen molar-refractivity contribution in [3.63, 3.8) is 0 Å². The van der Waals surface area contributed by atoms with Crippen molar-refractivity contribution in [2.75, 3.05) is 19.0 Å². The Morgan fingerprint density at radius 1 is 1.36 bits per heavy atom. The van der Waals surface area contributed by atoms with Crippen LogP contribution in [0.1, 0.15) is 19.4 Å². The molecule has 14 heavy (non-hydrogen) atoms. The molecule has 0 amide bonds. The SMILES string of the molecule is CNc1c(C)cccc1OCC(C)C. The molecule has 0 aliphatic rings. The fourth-order valence-corrected chi connectivity index (χ4v) is 1.34. The number of nitrogens with one attached hydrogen (secondary N) is 1. The van der Waals surface area contributed by atoms with Crippen molar-refractivity contribution in [3.8, 4) is 5.75 Å². The van der Waals surface area contributed by atoms with Gasteiger partial charge in [0.1, 0.15) is 5.75 Å². The van der Waals surface area contributed by atoms with Crippen LogP contribution in [-0.2, 0) is 0 Å². The molecule has 2 nitrogen and oxygen atoms in total. The molecule has 1 rings (SSSR count). The summed E-state index contributed by atoms with van der Waals surface area (Å²) >= 11 is 0. The molecule has 0 radical (unpaired) electrons. The molecule has 1 aromatic rings. The molecular weight excluding hydrogens is 174 g/mol. The van der Waals surface area contributed by atoms with Crippen molar-refractivity contribution in [3.05, 3.63) is 23.8 Å². The lowest BCUT2D eigenvalue weighted by Crippen LogP contribution is -2.06. The number of anilines is 1. The van der Waals surface area contributed by atoms with Crippen LogP contribution in [0.15, 0.2) is 18.2 Å². The van der Waals surface area contributed by atoms with Crippen LogP contribution < -0.4 is 10.1 Å². The predicted molar refractivity (Wildman–Crippen MR) is 61.1 cm³/mol. The van der Waals surface area contributed by atoms with Gasteiger partial charge in [-0.2, -0.15) is 0 Å². The first kappa shape index (κ1) is 10.9. The molecule has 2 heteroatoms. The third-order valence-electron chi connectivity index (χ3n) is 2.06. The molecular formula is C12H19NO. The van der Waals surface area contributed by atoms with E-state index in [9.17, 15) is 0 Å². The van der Waals surface area contributed by atoms with Crippen molar-refractivity contribution in [1.82, 2.24) is 0 Å². The van der Waals surface area contributed by atoms with Crippen LogP contribution in [0, 0.1) is 12.8 Å². The van der Waals surface area contributed by atoms with E-state index in [2.05, 4.69) is 32.2 Å². The molecule has 0 bridgehead atoms. The highest BCUT2D eigenvalue weighted by Crippen LogP contribution is 2.27. The molecule has 1 aromatic carbocycles. The van der Waals surface area contributed by atoms with Gasteiger partial charge in [0.05, 0.1) is 12.3 Å². The summed E-state index contributed by atoms with van der Waals surface area (Å²) in [5.74, 6) is 1.50. The fourth-order valence-electron chi connectivity index (χ4n) is 1.34. The number of benzene rings is 1. The summed E-state index contributed by atoms with van der Waals surface area (Å²) in [5, 5.41) is 3.16. The molecule has 0 atom stereocenters. The Kier molecular flexibility index (Phi) is 3.81. The third kappa shape index (κ3) is 2.66. The molecule has 0 aliphatic carbocycles. The molecule has 0 saturated heterocycles. The molecule has 1 N–H and O–H groups in total. The van der Waals surface area contributed by atoms with Crippen LogP contribution in [0.5, 0.6) is 5.75 Å². The van der Waals surface area contributed by atoms with Gasteiger partial charge in [0.15, 0.2) is 0 Å². The van der Waals surface area contributed by atoms with E-state index in [1.165, 1.54) is 5.56 Å². The maximum absolute atomic E-state index is 5.71. The summed E-state index contributed by atoms with van der Waals surface area (Å²) in [6.07, 6.45) is 0. The standard InChI is InChI=1S/C12H19NO/c1-9(2)8-14-11-7-5-6-10(3)12(11)13-4/h5-7,9,13H,8H2,1-4H3. The predicted octanol–water partition coefficient (Wildman–Crippen LogP) is 3.07. The van der Waals surface area contributed by atoms with Gasteiger partial charge in [-0.05, 0) is 24.5 Å². The van der Waals surface area contributed by atoms with Crippen molar-refractivity contribution in [2.24, 2.45) is 5.92 Å². The van der Waals surface area contributed by atoms with Gasteiger partial charge in [-0.15, -0.1) is 0 Å². The summed E-state index contributed by atoms with van der Waals surface area (Å²) < 4.78 is 5.71. The minimum absolute atomic E-state index is 0.556. The zero-order chi connectivity index (χ0) is 10.6. The number of para-hydroxylation sites is 1. The van der Waals surface area contributed by atoms with E-state index in [4.69, 9.17) is 4.74 Å². The average Bonchev–Trinajstić information content (AvgIpc) is 2.14. The normalized spacial score (nSPS) is 10.4. The Balaban J connectivity index is 2.80. The maximum atomic E-state index is 5.71. The van der Waals surface area contributed by atoms with Crippen molar-refractivity contribution < 1.29 is 4.74 Å². The lowest BCUT2D eigenvalue weighted by atomic mass is 10.2. The number of hydrogen-bond donors (Lipinski definition) is 1. The molecule has 0 spiro atoms. The second kappa shape index (κ2) is 4.89. The number of ether oxygens (including phenoxy) is 1. The largest absolute Gasteiger partial charge is 0.491 e. The van der Waals surface area contributed by atoms with Gasteiger partial charge in [0, 0.05) is 7.05 Å². The van der Waals surface area contributed by atoms with E-state index in [1.807, 2.05) is 19.2 Å². The second-order valence-corrected chi connectivity index (χ2v) is 3.90. The van der Waals surface area contributed by atoms with Crippen LogP contribution in [0.2, 0.25) is 0 Å². The highest BCUT2D eigenvalue weighted by atomic mass is 16.5. The van der Waals surface area contributed by atoms with Crippen LogP contribution >= 0.6 is 0 Å². The Morgan fingerprint density at radius 2 is 2.07 bits per heavy atom. The van der Waals surface area contributed by atoms with Crippen molar-refractivity contribution >= 4 is 5.69 Å². The second-order valence-electron chi connectivity index (χ2n) is 3.90. The Bertz CT molecular complexity index is 294. The van der Waals surface area contributed by atoms with Gasteiger partial charge >= 0.3 is 0 Å². The fraction of sp³-hybridized carbons (Fsp3) is 0.500. The first-order chi connectivity index (χ1) is 6.65. The molecule has 0 heterocycles. The zero-order valence-corrected chi connectivity index (χ0v) is 9.42. The topological polar surface area (TPSA) is 21.3 Å². The van der Waals surface area contributed by atoms with Crippen LogP contribution in [0.4, 0.5) is 5.69 Å². The Morgan fingerprint density at radius 3 is 2.64 bits per heavy atom. The van der Waals surface area contributed by atoms with Crippen molar-refractivity contribution in [1.29, 1.82) is 0 Å². The Labute approximate surface area is 86.3 Å². The summed E-state index contributed by atoms with van der Waals surface area (Å²) in [7, 11) is 1.92. The third-order valence-corrected chi connectivity index (χ3v) is 2.06. The van der Waals surface area contributed by atoms with Gasteiger partial charge < -0.3 is 10.1 Å². The monoisotopic (exact) mass is 193 g/mol. The number of rotatable bonds is 4. The van der Waals surface area contributed by atoms with Crippen molar-refractivity contribution in [2.45, 2.75) is 20.8 Å². The van der Waals surface area contributed by atoms with E-state index in [0.29, 0.717) is 5.92 Å². The van der Waals surface area contributed by atoms with E-state index >= 15 is 0 Å². The lowest BCUT2D eigenvalue weighted by molar-refractivity contribution is 0.272. The summed E-state index contributed by atoms with van der Waals surface area (Å²) in [5.41, 5.74) is 2.31. The molecule has 0 aromatic heterocycles. The highest BCUT2D eigenvalue weighted by Gasteiger charge is 2.05. The quantitative estimate of drug-likeness (QED) is 0.793. The van der Waals surface area contributed by atoms with E-state index in [0.717, 1.165) is 18.0 Å². The van der Waals surface area contributed by atoms with Gasteiger partial charge in [0.25, 0.3) is 0 Å². The Hall–Kier alpha value is -1.18. The van der Waals surface area contributed by atoms with Gasteiger partial charge in [-0.1, -0.05) is 26.0 Å². The summed E-state index contributed by atoms with van der Waals surface area (Å²) in [6, 6.07) is 6.10. The first-order valence-electron chi connectivity index (χ1n) is 5.05. The van der Waals surface area contributed by atoms with Gasteiger partial charge in [0.2, 0.25) is 0 Å². The summed E-state index contributed by atoms with van der Waals surface area (Å²) in [4.78, 5) is 0. The van der Waals surface area contributed by atoms with Gasteiger partial charge in [-0.3, -0.25) is 0 Å². The minimum atomic E-state index is 0.556. The molecule has 0 aliphatic heterocycles. The van der Waals surface area contributed by atoms with Crippen LogP contribution in [0.3, 0.4) is 0 Å². The van der Waals surface area contributed by atoms with Gasteiger partial charge in [-0.25, -0.2) is 0 Å². The zero-order valence-electron chi connectivity index (χ0n) is 9.42. The molecule has 0 unspecified atom stereocenters. The minimum Gasteiger partial charge on any atom is -0.491 e. The van der Waals surface area contributed by atoms with E-state index < -0.39 is 0 Å². The highest BCUT2D eigenvalue weighted by molar-refractivity contribution is 5.61. The maximum Gasteiger partial charge on any atom is 0.142 e. The van der Waals surface area contributed by atoms with E-state index in [-0.39, 0.29) is 0 Å². The lowest BCUT2D eigenvalue weighted by Gasteiger charge is -2.14. The number of aryl methyl sites for hydroxylation is 1. The molecule has 78 valence electrons. The average molecular weight is 193 g/mol. The van der Waals surface area contributed by atoms with E-state index in [1.54, 1.807) is 0 Å². The number of hydrogen-bond acceptors (Lipinski definition) is 2. The van der Waals surface area contributed by atoms with Crippen LogP contribution in [0.25, 0.3) is 0 Å². The summed E-state index contributed by atoms with van der Waals surface area (Å²) in [6.45, 7) is 7.13.